The molecule has 0 spiro atoms. The molecule has 26 heavy (non-hydrogen) atoms. The quantitative estimate of drug-likeness (QED) is 0.545. The van der Waals surface area contributed by atoms with Crippen molar-refractivity contribution in [3.05, 3.63) is 89.4 Å². The highest BCUT2D eigenvalue weighted by atomic mass is 35.5. The Kier molecular flexibility index (Phi) is 6.21. The maximum absolute atomic E-state index is 13.1. The van der Waals surface area contributed by atoms with Crippen LogP contribution in [0.15, 0.2) is 83.8 Å². The van der Waals surface area contributed by atoms with E-state index in [0.29, 0.717) is 16.5 Å². The molecule has 0 saturated carbocycles. The van der Waals surface area contributed by atoms with Crippen LogP contribution < -0.4 is 10.1 Å². The van der Waals surface area contributed by atoms with E-state index in [9.17, 15) is 4.79 Å². The van der Waals surface area contributed by atoms with Gasteiger partial charge in [0.2, 0.25) is 5.91 Å². The van der Waals surface area contributed by atoms with Crippen molar-refractivity contribution < 1.29 is 9.53 Å². The summed E-state index contributed by atoms with van der Waals surface area (Å²) in [7, 11) is 1.56. The largest absolute Gasteiger partial charge is 0.495 e. The van der Waals surface area contributed by atoms with E-state index in [1.54, 1.807) is 25.3 Å². The van der Waals surface area contributed by atoms with Crippen LogP contribution in [0.4, 0.5) is 5.69 Å². The lowest BCUT2D eigenvalue weighted by molar-refractivity contribution is -0.115. The third-order valence-electron chi connectivity index (χ3n) is 3.76. The normalized spacial score (nSPS) is 11.6. The molecular formula is C21H18ClNO2S. The number of amides is 1. The second-order valence-electron chi connectivity index (χ2n) is 5.56. The van der Waals surface area contributed by atoms with E-state index in [0.717, 1.165) is 10.5 Å². The van der Waals surface area contributed by atoms with Gasteiger partial charge >= 0.3 is 0 Å². The number of carbonyl (C=O) groups is 1. The standard InChI is InChI=1S/C21H18ClNO2S/c1-25-19-13-12-16(22)14-18(19)23-21(24)20(15-8-4-2-5-9-15)26-17-10-6-3-7-11-17/h2-14,20H,1H3,(H,23,24)/t20-/m1/s1. The Labute approximate surface area is 162 Å². The Hall–Kier alpha value is -2.43. The first-order chi connectivity index (χ1) is 12.7. The molecule has 1 amide bonds. The SMILES string of the molecule is COc1ccc(Cl)cc1NC(=O)[C@H](Sc1ccccc1)c1ccccc1. The van der Waals surface area contributed by atoms with E-state index >= 15 is 0 Å². The lowest BCUT2D eigenvalue weighted by atomic mass is 10.1. The van der Waals surface area contributed by atoms with Crippen molar-refractivity contribution in [1.29, 1.82) is 0 Å². The first kappa shape index (κ1) is 18.4. The number of hydrogen-bond donors (Lipinski definition) is 1. The molecule has 0 fully saturated rings. The number of benzene rings is 3. The van der Waals surface area contributed by atoms with Crippen LogP contribution in [0.25, 0.3) is 0 Å². The number of carbonyl (C=O) groups excluding carboxylic acids is 1. The zero-order chi connectivity index (χ0) is 18.4. The molecule has 132 valence electrons. The van der Waals surface area contributed by atoms with Gasteiger partial charge in [-0.2, -0.15) is 0 Å². The summed E-state index contributed by atoms with van der Waals surface area (Å²) in [4.78, 5) is 14.1. The maximum Gasteiger partial charge on any atom is 0.242 e. The van der Waals surface area contributed by atoms with Crippen LogP contribution in [0.5, 0.6) is 5.75 Å². The number of rotatable bonds is 6. The Morgan fingerprint density at radius 2 is 1.65 bits per heavy atom. The van der Waals surface area contributed by atoms with Gasteiger partial charge in [-0.05, 0) is 35.9 Å². The van der Waals surface area contributed by atoms with Gasteiger partial charge < -0.3 is 10.1 Å². The molecule has 0 aliphatic rings. The molecule has 0 aromatic heterocycles. The van der Waals surface area contributed by atoms with E-state index < -0.39 is 5.25 Å². The van der Waals surface area contributed by atoms with Crippen LogP contribution in [0.3, 0.4) is 0 Å². The molecule has 5 heteroatoms. The van der Waals surface area contributed by atoms with E-state index in [-0.39, 0.29) is 5.91 Å². The van der Waals surface area contributed by atoms with E-state index in [1.807, 2.05) is 60.7 Å². The highest BCUT2D eigenvalue weighted by Crippen LogP contribution is 2.37. The van der Waals surface area contributed by atoms with Gasteiger partial charge in [-0.15, -0.1) is 11.8 Å². The Bertz CT molecular complexity index is 872. The lowest BCUT2D eigenvalue weighted by Gasteiger charge is -2.18. The Morgan fingerprint density at radius 1 is 1.00 bits per heavy atom. The molecule has 0 heterocycles. The Balaban J connectivity index is 1.89. The van der Waals surface area contributed by atoms with Crippen molar-refractivity contribution in [2.75, 3.05) is 12.4 Å². The average molecular weight is 384 g/mol. The molecule has 0 radical (unpaired) electrons. The summed E-state index contributed by atoms with van der Waals surface area (Å²) < 4.78 is 5.32. The number of anilines is 1. The minimum Gasteiger partial charge on any atom is -0.495 e. The molecule has 3 rings (SSSR count). The third kappa shape index (κ3) is 4.59. The van der Waals surface area contributed by atoms with Gasteiger partial charge in [-0.1, -0.05) is 60.1 Å². The van der Waals surface area contributed by atoms with Gasteiger partial charge in [-0.25, -0.2) is 0 Å². The topological polar surface area (TPSA) is 38.3 Å². The summed E-state index contributed by atoms with van der Waals surface area (Å²) in [6.07, 6.45) is 0. The lowest BCUT2D eigenvalue weighted by Crippen LogP contribution is -2.19. The molecule has 0 saturated heterocycles. The predicted molar refractivity (Wildman–Crippen MR) is 108 cm³/mol. The van der Waals surface area contributed by atoms with Gasteiger partial charge in [-0.3, -0.25) is 4.79 Å². The highest BCUT2D eigenvalue weighted by molar-refractivity contribution is 8.00. The monoisotopic (exact) mass is 383 g/mol. The van der Waals surface area contributed by atoms with Crippen LogP contribution in [0.1, 0.15) is 10.8 Å². The third-order valence-corrected chi connectivity index (χ3v) is 5.26. The fourth-order valence-corrected chi connectivity index (χ4v) is 3.73. The molecule has 0 unspecified atom stereocenters. The summed E-state index contributed by atoms with van der Waals surface area (Å²) in [6, 6.07) is 24.7. The van der Waals surface area contributed by atoms with Crippen molar-refractivity contribution in [3.8, 4) is 5.75 Å². The first-order valence-corrected chi connectivity index (χ1v) is 9.34. The number of nitrogens with one attached hydrogen (secondary N) is 1. The van der Waals surface area contributed by atoms with Crippen molar-refractivity contribution in [3.63, 3.8) is 0 Å². The summed E-state index contributed by atoms with van der Waals surface area (Å²) >= 11 is 7.57. The zero-order valence-corrected chi connectivity index (χ0v) is 15.8. The van der Waals surface area contributed by atoms with Crippen molar-refractivity contribution >= 4 is 35.0 Å². The first-order valence-electron chi connectivity index (χ1n) is 8.08. The number of ether oxygens (including phenoxy) is 1. The van der Waals surface area contributed by atoms with Gasteiger partial charge in [0.05, 0.1) is 12.8 Å². The molecule has 0 aliphatic carbocycles. The second-order valence-corrected chi connectivity index (χ2v) is 7.17. The molecular weight excluding hydrogens is 366 g/mol. The molecule has 3 aromatic rings. The molecule has 0 aliphatic heterocycles. The fraction of sp³-hybridized carbons (Fsp3) is 0.0952. The van der Waals surface area contributed by atoms with Crippen LogP contribution in [0.2, 0.25) is 5.02 Å². The fourth-order valence-electron chi connectivity index (χ4n) is 2.51. The summed E-state index contributed by atoms with van der Waals surface area (Å²) in [5, 5.41) is 3.09. The molecule has 3 aromatic carbocycles. The average Bonchev–Trinajstić information content (AvgIpc) is 2.68. The summed E-state index contributed by atoms with van der Waals surface area (Å²) in [5.74, 6) is 0.435. The Morgan fingerprint density at radius 3 is 2.31 bits per heavy atom. The summed E-state index contributed by atoms with van der Waals surface area (Å²) in [5.41, 5.74) is 1.49. The molecule has 0 bridgehead atoms. The second kappa shape index (κ2) is 8.79. The van der Waals surface area contributed by atoms with Gasteiger partial charge in [0, 0.05) is 9.92 Å². The van der Waals surface area contributed by atoms with Crippen molar-refractivity contribution in [2.24, 2.45) is 0 Å². The van der Waals surface area contributed by atoms with Crippen molar-refractivity contribution in [2.45, 2.75) is 10.1 Å². The maximum atomic E-state index is 13.1. The number of halogens is 1. The summed E-state index contributed by atoms with van der Waals surface area (Å²) in [6.45, 7) is 0. The van der Waals surface area contributed by atoms with Crippen LogP contribution in [-0.4, -0.2) is 13.0 Å². The van der Waals surface area contributed by atoms with Crippen LogP contribution >= 0.6 is 23.4 Å². The minimum absolute atomic E-state index is 0.134. The number of hydrogen-bond acceptors (Lipinski definition) is 3. The van der Waals surface area contributed by atoms with E-state index in [1.165, 1.54) is 11.8 Å². The predicted octanol–water partition coefficient (Wildman–Crippen LogP) is 5.82. The van der Waals surface area contributed by atoms with Gasteiger partial charge in [0.15, 0.2) is 0 Å². The molecule has 1 N–H and O–H groups in total. The van der Waals surface area contributed by atoms with Gasteiger partial charge in [0.1, 0.15) is 11.0 Å². The molecule has 1 atom stereocenters. The van der Waals surface area contributed by atoms with Crippen molar-refractivity contribution in [1.82, 2.24) is 0 Å². The van der Waals surface area contributed by atoms with E-state index in [2.05, 4.69) is 5.32 Å². The number of thioether (sulfide) groups is 1. The highest BCUT2D eigenvalue weighted by Gasteiger charge is 2.23. The van der Waals surface area contributed by atoms with Gasteiger partial charge in [0.25, 0.3) is 0 Å². The minimum atomic E-state index is -0.401. The van der Waals surface area contributed by atoms with E-state index in [4.69, 9.17) is 16.3 Å². The van der Waals surface area contributed by atoms with Crippen LogP contribution in [0, 0.1) is 0 Å². The smallest absolute Gasteiger partial charge is 0.242 e. The molecule has 3 nitrogen and oxygen atoms in total. The zero-order valence-electron chi connectivity index (χ0n) is 14.2. The van der Waals surface area contributed by atoms with Crippen LogP contribution in [-0.2, 0) is 4.79 Å². The number of methoxy groups -OCH3 is 1.